The maximum absolute atomic E-state index is 12.5. The average molecular weight is 261 g/mol. The van der Waals surface area contributed by atoms with Crippen molar-refractivity contribution in [1.82, 2.24) is 4.98 Å². The summed E-state index contributed by atoms with van der Waals surface area (Å²) in [5, 5.41) is -1.04. The molecule has 1 rings (SSSR count). The van der Waals surface area contributed by atoms with Gasteiger partial charge >= 0.3 is 6.18 Å². The van der Waals surface area contributed by atoms with E-state index in [1.165, 1.54) is 0 Å². The molecule has 0 aliphatic heterocycles. The summed E-state index contributed by atoms with van der Waals surface area (Å²) in [5.74, 6) is 0. The number of halogens is 6. The van der Waals surface area contributed by atoms with Crippen LogP contribution in [0, 0.1) is 0 Å². The molecule has 0 unspecified atom stereocenters. The van der Waals surface area contributed by atoms with Crippen molar-refractivity contribution in [1.29, 1.82) is 0 Å². The average Bonchev–Trinajstić information content (AvgIpc) is 2.14. The summed E-state index contributed by atoms with van der Waals surface area (Å²) < 4.78 is 62.2. The lowest BCUT2D eigenvalue weighted by atomic mass is 10.1. The molecule has 0 aliphatic rings. The first kappa shape index (κ1) is 13.1. The zero-order valence-corrected chi connectivity index (χ0v) is 8.41. The van der Waals surface area contributed by atoms with Crippen LogP contribution in [-0.4, -0.2) is 4.98 Å². The number of nitrogens with two attached hydrogens (primary N) is 1. The molecule has 0 aliphatic carbocycles. The number of pyridine rings is 1. The molecule has 1 heterocycles. The first-order valence-corrected chi connectivity index (χ1v) is 4.39. The Morgan fingerprint density at radius 1 is 1.38 bits per heavy atom. The van der Waals surface area contributed by atoms with E-state index in [9.17, 15) is 22.0 Å². The standard InChI is InChI=1S/C8H6ClF5N2/c9-6-3(7(10)11)2-16-4(1-15)5(6)8(12,13)14/h2,7H,1,15H2. The van der Waals surface area contributed by atoms with Gasteiger partial charge in [0.05, 0.1) is 21.8 Å². The van der Waals surface area contributed by atoms with Crippen molar-refractivity contribution in [2.75, 3.05) is 0 Å². The summed E-state index contributed by atoms with van der Waals surface area (Å²) in [4.78, 5) is 3.24. The fraction of sp³-hybridized carbons (Fsp3) is 0.375. The number of nitrogens with zero attached hydrogens (tertiary/aromatic N) is 1. The van der Waals surface area contributed by atoms with E-state index >= 15 is 0 Å². The SMILES string of the molecule is NCc1ncc(C(F)F)c(Cl)c1C(F)(F)F. The molecular formula is C8H6ClF5N2. The topological polar surface area (TPSA) is 38.9 Å². The van der Waals surface area contributed by atoms with E-state index < -0.39 is 41.0 Å². The zero-order valence-electron chi connectivity index (χ0n) is 7.65. The van der Waals surface area contributed by atoms with Crippen LogP contribution in [-0.2, 0) is 12.7 Å². The lowest BCUT2D eigenvalue weighted by molar-refractivity contribution is -0.138. The van der Waals surface area contributed by atoms with E-state index in [-0.39, 0.29) is 0 Å². The van der Waals surface area contributed by atoms with Crippen LogP contribution in [0.1, 0.15) is 23.2 Å². The molecule has 0 bridgehead atoms. The molecule has 0 spiro atoms. The van der Waals surface area contributed by atoms with E-state index in [1.54, 1.807) is 0 Å². The normalized spacial score (nSPS) is 12.2. The molecule has 2 N–H and O–H groups in total. The summed E-state index contributed by atoms with van der Waals surface area (Å²) >= 11 is 5.28. The van der Waals surface area contributed by atoms with Crippen molar-refractivity contribution >= 4 is 11.6 Å². The third-order valence-electron chi connectivity index (χ3n) is 1.83. The highest BCUT2D eigenvalue weighted by molar-refractivity contribution is 6.32. The van der Waals surface area contributed by atoms with Crippen LogP contribution in [0.4, 0.5) is 22.0 Å². The van der Waals surface area contributed by atoms with Crippen molar-refractivity contribution in [3.63, 3.8) is 0 Å². The molecule has 0 aromatic carbocycles. The Morgan fingerprint density at radius 3 is 2.31 bits per heavy atom. The Bertz CT molecular complexity index is 391. The van der Waals surface area contributed by atoms with E-state index in [1.807, 2.05) is 0 Å². The Morgan fingerprint density at radius 2 is 1.94 bits per heavy atom. The van der Waals surface area contributed by atoms with Crippen molar-refractivity contribution < 1.29 is 22.0 Å². The van der Waals surface area contributed by atoms with Crippen LogP contribution in [0.5, 0.6) is 0 Å². The molecule has 16 heavy (non-hydrogen) atoms. The van der Waals surface area contributed by atoms with Gasteiger partial charge in [0.2, 0.25) is 0 Å². The summed E-state index contributed by atoms with van der Waals surface area (Å²) in [6, 6.07) is 0. The van der Waals surface area contributed by atoms with Gasteiger partial charge in [-0.25, -0.2) is 8.78 Å². The van der Waals surface area contributed by atoms with E-state index in [2.05, 4.69) is 4.98 Å². The van der Waals surface area contributed by atoms with Gasteiger partial charge in [-0.05, 0) is 0 Å². The second kappa shape index (κ2) is 4.50. The number of rotatable bonds is 2. The summed E-state index contributed by atoms with van der Waals surface area (Å²) in [6.45, 7) is -0.530. The van der Waals surface area contributed by atoms with Gasteiger partial charge in [0.25, 0.3) is 6.43 Å². The zero-order chi connectivity index (χ0) is 12.5. The maximum Gasteiger partial charge on any atom is 0.419 e. The second-order valence-corrected chi connectivity index (χ2v) is 3.23. The minimum Gasteiger partial charge on any atom is -0.325 e. The predicted molar refractivity (Wildman–Crippen MR) is 47.1 cm³/mol. The van der Waals surface area contributed by atoms with Crippen LogP contribution in [0.3, 0.4) is 0 Å². The van der Waals surface area contributed by atoms with Gasteiger partial charge < -0.3 is 5.73 Å². The lowest BCUT2D eigenvalue weighted by Crippen LogP contribution is -2.15. The molecule has 0 amide bonds. The molecule has 0 radical (unpaired) electrons. The van der Waals surface area contributed by atoms with Crippen molar-refractivity contribution in [2.45, 2.75) is 19.1 Å². The Labute approximate surface area is 92.2 Å². The van der Waals surface area contributed by atoms with E-state index in [4.69, 9.17) is 17.3 Å². The Kier molecular flexibility index (Phi) is 3.69. The minimum absolute atomic E-state index is 0.530. The highest BCUT2D eigenvalue weighted by Gasteiger charge is 2.38. The maximum atomic E-state index is 12.5. The van der Waals surface area contributed by atoms with Gasteiger partial charge in [0.15, 0.2) is 0 Å². The number of hydrogen-bond donors (Lipinski definition) is 1. The van der Waals surface area contributed by atoms with Crippen molar-refractivity contribution in [2.24, 2.45) is 5.73 Å². The van der Waals surface area contributed by atoms with Crippen LogP contribution in [0.2, 0.25) is 5.02 Å². The number of aromatic nitrogens is 1. The van der Waals surface area contributed by atoms with Gasteiger partial charge in [0.1, 0.15) is 0 Å². The highest BCUT2D eigenvalue weighted by Crippen LogP contribution is 2.40. The molecule has 0 saturated heterocycles. The lowest BCUT2D eigenvalue weighted by Gasteiger charge is -2.15. The Hall–Kier alpha value is -0.950. The van der Waals surface area contributed by atoms with Gasteiger partial charge in [-0.15, -0.1) is 0 Å². The third kappa shape index (κ3) is 2.41. The number of hydrogen-bond acceptors (Lipinski definition) is 2. The van der Waals surface area contributed by atoms with Crippen LogP contribution in [0.15, 0.2) is 6.20 Å². The predicted octanol–water partition coefficient (Wildman–Crippen LogP) is 3.15. The summed E-state index contributed by atoms with van der Waals surface area (Å²) in [6.07, 6.45) is -7.37. The van der Waals surface area contributed by atoms with Crippen LogP contribution < -0.4 is 5.73 Å². The van der Waals surface area contributed by atoms with Gasteiger partial charge in [-0.2, -0.15) is 13.2 Å². The first-order chi connectivity index (χ1) is 7.29. The molecular weight excluding hydrogens is 255 g/mol. The van der Waals surface area contributed by atoms with Gasteiger partial charge in [-0.1, -0.05) is 11.6 Å². The van der Waals surface area contributed by atoms with Crippen LogP contribution >= 0.6 is 11.6 Å². The molecule has 0 fully saturated rings. The Balaban J connectivity index is 3.47. The summed E-state index contributed by atoms with van der Waals surface area (Å²) in [7, 11) is 0. The van der Waals surface area contributed by atoms with Gasteiger partial charge in [-0.3, -0.25) is 4.98 Å². The molecule has 1 aromatic heterocycles. The largest absolute Gasteiger partial charge is 0.419 e. The molecule has 8 heteroatoms. The van der Waals surface area contributed by atoms with Crippen LogP contribution in [0.25, 0.3) is 0 Å². The fourth-order valence-corrected chi connectivity index (χ4v) is 1.48. The molecule has 2 nitrogen and oxygen atoms in total. The van der Waals surface area contributed by atoms with E-state index in [0.717, 1.165) is 0 Å². The number of alkyl halides is 5. The smallest absolute Gasteiger partial charge is 0.325 e. The minimum atomic E-state index is -4.86. The van der Waals surface area contributed by atoms with Gasteiger partial charge in [0, 0.05) is 12.7 Å². The highest BCUT2D eigenvalue weighted by atomic mass is 35.5. The first-order valence-electron chi connectivity index (χ1n) is 4.01. The second-order valence-electron chi connectivity index (χ2n) is 2.85. The molecule has 90 valence electrons. The molecule has 1 aromatic rings. The quantitative estimate of drug-likeness (QED) is 0.830. The van der Waals surface area contributed by atoms with Crippen molar-refractivity contribution in [3.8, 4) is 0 Å². The molecule has 0 atom stereocenters. The third-order valence-corrected chi connectivity index (χ3v) is 2.24. The van der Waals surface area contributed by atoms with Crippen molar-refractivity contribution in [3.05, 3.63) is 28.0 Å². The van der Waals surface area contributed by atoms with E-state index in [0.29, 0.717) is 6.20 Å². The monoisotopic (exact) mass is 260 g/mol. The fourth-order valence-electron chi connectivity index (χ4n) is 1.13. The molecule has 0 saturated carbocycles. The summed E-state index contributed by atoms with van der Waals surface area (Å²) in [5.41, 5.74) is 2.13.